The first-order chi connectivity index (χ1) is 10.6. The minimum absolute atomic E-state index is 0.129. The van der Waals surface area contributed by atoms with Gasteiger partial charge in [0.2, 0.25) is 0 Å². The SMILES string of the molecule is CN1CCC2(COCC(C3CN(C)CC34CCCCO4)C2)C1. The van der Waals surface area contributed by atoms with Crippen molar-refractivity contribution in [3.05, 3.63) is 0 Å². The maximum Gasteiger partial charge on any atom is 0.0852 e. The van der Waals surface area contributed by atoms with Crippen molar-refractivity contribution in [2.24, 2.45) is 17.3 Å². The van der Waals surface area contributed by atoms with E-state index in [9.17, 15) is 0 Å². The van der Waals surface area contributed by atoms with Gasteiger partial charge in [-0.1, -0.05) is 0 Å². The molecule has 2 spiro atoms. The van der Waals surface area contributed by atoms with E-state index in [1.807, 2.05) is 0 Å². The van der Waals surface area contributed by atoms with Gasteiger partial charge < -0.3 is 19.3 Å². The summed E-state index contributed by atoms with van der Waals surface area (Å²) < 4.78 is 12.6. The fraction of sp³-hybridized carbons (Fsp3) is 1.00. The van der Waals surface area contributed by atoms with Gasteiger partial charge >= 0.3 is 0 Å². The standard InChI is InChI=1S/C18H32N2O2/c1-19-7-6-17(12-19)9-15(11-21-14-17)16-10-20(2)13-18(16)5-3-4-8-22-18/h15-16H,3-14H2,1-2H3. The molecule has 4 aliphatic rings. The molecule has 4 atom stereocenters. The summed E-state index contributed by atoms with van der Waals surface area (Å²) in [6.45, 7) is 7.67. The number of rotatable bonds is 1. The average Bonchev–Trinajstić information content (AvgIpc) is 3.01. The van der Waals surface area contributed by atoms with Gasteiger partial charge in [0.25, 0.3) is 0 Å². The molecule has 4 rings (SSSR count). The monoisotopic (exact) mass is 308 g/mol. The topological polar surface area (TPSA) is 24.9 Å². The molecule has 4 nitrogen and oxygen atoms in total. The van der Waals surface area contributed by atoms with Crippen LogP contribution >= 0.6 is 0 Å². The van der Waals surface area contributed by atoms with Crippen LogP contribution in [0.4, 0.5) is 0 Å². The number of likely N-dealkylation sites (N-methyl/N-ethyl adjacent to an activating group) is 1. The minimum atomic E-state index is 0.129. The summed E-state index contributed by atoms with van der Waals surface area (Å²) in [5.41, 5.74) is 0.554. The smallest absolute Gasteiger partial charge is 0.0852 e. The van der Waals surface area contributed by atoms with Crippen LogP contribution in [0.1, 0.15) is 32.1 Å². The number of ether oxygens (including phenoxy) is 2. The molecule has 4 fully saturated rings. The second kappa shape index (κ2) is 5.73. The summed E-state index contributed by atoms with van der Waals surface area (Å²) in [5.74, 6) is 1.35. The zero-order chi connectivity index (χ0) is 15.2. The normalized spacial score (nSPS) is 47.7. The summed E-state index contributed by atoms with van der Waals surface area (Å²) in [6, 6.07) is 0. The maximum atomic E-state index is 6.43. The first-order valence-corrected chi connectivity index (χ1v) is 9.20. The van der Waals surface area contributed by atoms with Crippen molar-refractivity contribution < 1.29 is 9.47 Å². The molecule has 0 aromatic rings. The second-order valence-corrected chi connectivity index (χ2v) is 8.64. The third-order valence-corrected chi connectivity index (χ3v) is 6.74. The molecule has 4 heteroatoms. The Kier molecular flexibility index (Phi) is 4.00. The quantitative estimate of drug-likeness (QED) is 0.738. The van der Waals surface area contributed by atoms with E-state index in [1.54, 1.807) is 0 Å². The zero-order valence-corrected chi connectivity index (χ0v) is 14.4. The van der Waals surface area contributed by atoms with Gasteiger partial charge in [-0.25, -0.2) is 0 Å². The lowest BCUT2D eigenvalue weighted by Crippen LogP contribution is -2.50. The van der Waals surface area contributed by atoms with Gasteiger partial charge in [0, 0.05) is 44.2 Å². The predicted octanol–water partition coefficient (Wildman–Crippen LogP) is 1.85. The Morgan fingerprint density at radius 1 is 1.05 bits per heavy atom. The molecule has 4 unspecified atom stereocenters. The molecule has 4 aliphatic heterocycles. The van der Waals surface area contributed by atoms with Crippen LogP contribution in [0.3, 0.4) is 0 Å². The first kappa shape index (κ1) is 15.4. The molecule has 4 heterocycles. The third-order valence-electron chi connectivity index (χ3n) is 6.74. The lowest BCUT2D eigenvalue weighted by Gasteiger charge is -2.46. The molecule has 22 heavy (non-hydrogen) atoms. The second-order valence-electron chi connectivity index (χ2n) is 8.64. The van der Waals surface area contributed by atoms with E-state index in [2.05, 4.69) is 23.9 Å². The largest absolute Gasteiger partial charge is 0.381 e. The van der Waals surface area contributed by atoms with Crippen molar-refractivity contribution in [3.63, 3.8) is 0 Å². The molecular formula is C18H32N2O2. The van der Waals surface area contributed by atoms with E-state index < -0.39 is 0 Å². The zero-order valence-electron chi connectivity index (χ0n) is 14.4. The van der Waals surface area contributed by atoms with Gasteiger partial charge in [-0.2, -0.15) is 0 Å². The third kappa shape index (κ3) is 2.62. The van der Waals surface area contributed by atoms with Crippen molar-refractivity contribution in [1.82, 2.24) is 9.80 Å². The maximum absolute atomic E-state index is 6.43. The fourth-order valence-corrected chi connectivity index (χ4v) is 5.81. The van der Waals surface area contributed by atoms with E-state index in [4.69, 9.17) is 9.47 Å². The molecule has 0 radical (unpaired) electrons. The lowest BCUT2D eigenvalue weighted by atomic mass is 9.68. The van der Waals surface area contributed by atoms with Crippen LogP contribution in [0.5, 0.6) is 0 Å². The Morgan fingerprint density at radius 2 is 1.95 bits per heavy atom. The summed E-state index contributed by atoms with van der Waals surface area (Å²) in [6.07, 6.45) is 6.50. The first-order valence-electron chi connectivity index (χ1n) is 9.20. The lowest BCUT2D eigenvalue weighted by molar-refractivity contribution is -0.134. The van der Waals surface area contributed by atoms with Gasteiger partial charge in [0.15, 0.2) is 0 Å². The fourth-order valence-electron chi connectivity index (χ4n) is 5.81. The van der Waals surface area contributed by atoms with E-state index in [-0.39, 0.29) is 5.60 Å². The summed E-state index contributed by atoms with van der Waals surface area (Å²) in [7, 11) is 4.52. The van der Waals surface area contributed by atoms with Crippen molar-refractivity contribution >= 4 is 0 Å². The molecule has 4 saturated heterocycles. The highest BCUT2D eigenvalue weighted by Gasteiger charge is 2.53. The Bertz CT molecular complexity index is 406. The highest BCUT2D eigenvalue weighted by Crippen LogP contribution is 2.48. The summed E-state index contributed by atoms with van der Waals surface area (Å²) in [5, 5.41) is 0. The van der Waals surface area contributed by atoms with Crippen molar-refractivity contribution in [2.75, 3.05) is 60.1 Å². The van der Waals surface area contributed by atoms with Crippen molar-refractivity contribution in [1.29, 1.82) is 0 Å². The molecule has 0 aromatic heterocycles. The highest BCUT2D eigenvalue weighted by atomic mass is 16.5. The molecule has 0 N–H and O–H groups in total. The van der Waals surface area contributed by atoms with Gasteiger partial charge in [0.1, 0.15) is 0 Å². The molecule has 0 bridgehead atoms. The van der Waals surface area contributed by atoms with Crippen LogP contribution in [0.2, 0.25) is 0 Å². The Hall–Kier alpha value is -0.160. The van der Waals surface area contributed by atoms with Gasteiger partial charge in [-0.05, 0) is 58.7 Å². The highest BCUT2D eigenvalue weighted by molar-refractivity contribution is 5.04. The van der Waals surface area contributed by atoms with E-state index >= 15 is 0 Å². The molecule has 0 saturated carbocycles. The van der Waals surface area contributed by atoms with Crippen LogP contribution in [0.25, 0.3) is 0 Å². The van der Waals surface area contributed by atoms with Crippen LogP contribution in [-0.2, 0) is 9.47 Å². The van der Waals surface area contributed by atoms with Crippen molar-refractivity contribution in [2.45, 2.75) is 37.7 Å². The van der Waals surface area contributed by atoms with Crippen LogP contribution < -0.4 is 0 Å². The molecule has 0 aromatic carbocycles. The molecule has 126 valence electrons. The van der Waals surface area contributed by atoms with Crippen LogP contribution in [0.15, 0.2) is 0 Å². The Balaban J connectivity index is 1.52. The Morgan fingerprint density at radius 3 is 2.68 bits per heavy atom. The molecule has 0 amide bonds. The van der Waals surface area contributed by atoms with E-state index in [0.29, 0.717) is 17.3 Å². The summed E-state index contributed by atoms with van der Waals surface area (Å²) >= 11 is 0. The average molecular weight is 308 g/mol. The van der Waals surface area contributed by atoms with Gasteiger partial charge in [0.05, 0.1) is 12.2 Å². The van der Waals surface area contributed by atoms with Gasteiger partial charge in [-0.15, -0.1) is 0 Å². The number of hydrogen-bond donors (Lipinski definition) is 0. The predicted molar refractivity (Wildman–Crippen MR) is 87.0 cm³/mol. The summed E-state index contributed by atoms with van der Waals surface area (Å²) in [4.78, 5) is 4.98. The van der Waals surface area contributed by atoms with Crippen LogP contribution in [0, 0.1) is 17.3 Å². The molecule has 0 aliphatic carbocycles. The Labute approximate surface area is 135 Å². The van der Waals surface area contributed by atoms with E-state index in [1.165, 1.54) is 51.7 Å². The number of hydrogen-bond acceptors (Lipinski definition) is 4. The van der Waals surface area contributed by atoms with E-state index in [0.717, 1.165) is 26.4 Å². The van der Waals surface area contributed by atoms with Crippen molar-refractivity contribution in [3.8, 4) is 0 Å². The van der Waals surface area contributed by atoms with Crippen LogP contribution in [-0.4, -0.2) is 75.5 Å². The minimum Gasteiger partial charge on any atom is -0.381 e. The number of likely N-dealkylation sites (tertiary alicyclic amines) is 2. The van der Waals surface area contributed by atoms with Gasteiger partial charge in [-0.3, -0.25) is 0 Å². The molecular weight excluding hydrogens is 276 g/mol. The number of nitrogens with zero attached hydrogens (tertiary/aromatic N) is 2.